The first kappa shape index (κ1) is 14.2. The van der Waals surface area contributed by atoms with Gasteiger partial charge in [-0.3, -0.25) is 0 Å². The van der Waals surface area contributed by atoms with Crippen molar-refractivity contribution < 1.29 is 13.2 Å². The summed E-state index contributed by atoms with van der Waals surface area (Å²) >= 11 is 0. The maximum atomic E-state index is 12.0. The van der Waals surface area contributed by atoms with Crippen molar-refractivity contribution in [3.05, 3.63) is 18.5 Å². The highest BCUT2D eigenvalue weighted by Crippen LogP contribution is 2.18. The summed E-state index contributed by atoms with van der Waals surface area (Å²) in [6.45, 7) is 2.89. The second-order valence-electron chi connectivity index (χ2n) is 4.59. The van der Waals surface area contributed by atoms with Crippen LogP contribution >= 0.6 is 0 Å². The third kappa shape index (κ3) is 3.87. The largest absolute Gasteiger partial charge is 0.459 e. The maximum absolute atomic E-state index is 12.0. The SMILES string of the molecule is CCCCS(=O)(=O)N1CCC(Oc2ncccn2)C1. The Balaban J connectivity index is 1.89. The van der Waals surface area contributed by atoms with Crippen molar-refractivity contribution >= 4 is 10.0 Å². The monoisotopic (exact) mass is 285 g/mol. The molecule has 0 aliphatic carbocycles. The van der Waals surface area contributed by atoms with Gasteiger partial charge in [-0.15, -0.1) is 0 Å². The van der Waals surface area contributed by atoms with Gasteiger partial charge in [0, 0.05) is 18.9 Å². The fourth-order valence-electron chi connectivity index (χ4n) is 2.00. The van der Waals surface area contributed by atoms with Gasteiger partial charge in [-0.25, -0.2) is 18.4 Å². The number of rotatable bonds is 6. The molecule has 0 aromatic carbocycles. The van der Waals surface area contributed by atoms with Gasteiger partial charge in [0.05, 0.1) is 12.3 Å². The van der Waals surface area contributed by atoms with Crippen LogP contribution in [0, 0.1) is 0 Å². The minimum atomic E-state index is -3.13. The van der Waals surface area contributed by atoms with Gasteiger partial charge in [0.25, 0.3) is 0 Å². The van der Waals surface area contributed by atoms with Gasteiger partial charge >= 0.3 is 6.01 Å². The van der Waals surface area contributed by atoms with Crippen molar-refractivity contribution in [2.45, 2.75) is 32.3 Å². The van der Waals surface area contributed by atoms with Crippen LogP contribution in [0.2, 0.25) is 0 Å². The Morgan fingerprint density at radius 3 is 2.84 bits per heavy atom. The number of hydrogen-bond donors (Lipinski definition) is 0. The lowest BCUT2D eigenvalue weighted by molar-refractivity contribution is 0.197. The number of nitrogens with zero attached hydrogens (tertiary/aromatic N) is 3. The summed E-state index contributed by atoms with van der Waals surface area (Å²) in [6.07, 6.45) is 5.32. The molecule has 19 heavy (non-hydrogen) atoms. The standard InChI is InChI=1S/C12H19N3O3S/c1-2-3-9-19(16,17)15-8-5-11(10-15)18-12-13-6-4-7-14-12/h4,6-7,11H,2-3,5,8-10H2,1H3. The van der Waals surface area contributed by atoms with Crippen LogP contribution in [0.15, 0.2) is 18.5 Å². The van der Waals surface area contributed by atoms with Gasteiger partial charge in [-0.1, -0.05) is 13.3 Å². The van der Waals surface area contributed by atoms with Crippen LogP contribution in [0.5, 0.6) is 6.01 Å². The minimum Gasteiger partial charge on any atom is -0.459 e. The highest BCUT2D eigenvalue weighted by Gasteiger charge is 2.32. The Hall–Kier alpha value is -1.21. The van der Waals surface area contributed by atoms with Crippen LogP contribution in [0.4, 0.5) is 0 Å². The third-order valence-corrected chi connectivity index (χ3v) is 4.99. The zero-order valence-corrected chi connectivity index (χ0v) is 11.8. The average molecular weight is 285 g/mol. The fourth-order valence-corrected chi connectivity index (χ4v) is 3.69. The van der Waals surface area contributed by atoms with Crippen LogP contribution in [0.3, 0.4) is 0 Å². The lowest BCUT2D eigenvalue weighted by Crippen LogP contribution is -2.33. The zero-order valence-electron chi connectivity index (χ0n) is 11.0. The molecule has 0 amide bonds. The second-order valence-corrected chi connectivity index (χ2v) is 6.68. The van der Waals surface area contributed by atoms with Gasteiger partial charge in [-0.05, 0) is 18.9 Å². The normalized spacial score (nSPS) is 20.6. The van der Waals surface area contributed by atoms with E-state index in [-0.39, 0.29) is 11.9 Å². The summed E-state index contributed by atoms with van der Waals surface area (Å²) in [7, 11) is -3.13. The molecule has 1 aromatic heterocycles. The van der Waals surface area contributed by atoms with Gasteiger partial charge in [0.15, 0.2) is 0 Å². The average Bonchev–Trinajstić information content (AvgIpc) is 2.87. The molecule has 1 unspecified atom stereocenters. The van der Waals surface area contributed by atoms with Crippen molar-refractivity contribution in [2.24, 2.45) is 0 Å². The van der Waals surface area contributed by atoms with Crippen LogP contribution in [0.1, 0.15) is 26.2 Å². The first-order chi connectivity index (χ1) is 9.12. The molecule has 1 aliphatic rings. The minimum absolute atomic E-state index is 0.154. The van der Waals surface area contributed by atoms with E-state index < -0.39 is 10.0 Å². The smallest absolute Gasteiger partial charge is 0.316 e. The van der Waals surface area contributed by atoms with Crippen molar-refractivity contribution in [3.63, 3.8) is 0 Å². The first-order valence-electron chi connectivity index (χ1n) is 6.53. The zero-order chi connectivity index (χ0) is 13.7. The molecule has 0 saturated carbocycles. The highest BCUT2D eigenvalue weighted by atomic mass is 32.2. The van der Waals surface area contributed by atoms with E-state index >= 15 is 0 Å². The summed E-state index contributed by atoms with van der Waals surface area (Å²) in [5.41, 5.74) is 0. The Kier molecular flexibility index (Phi) is 4.71. The number of unbranched alkanes of at least 4 members (excludes halogenated alkanes) is 1. The first-order valence-corrected chi connectivity index (χ1v) is 8.14. The Morgan fingerprint density at radius 1 is 1.42 bits per heavy atom. The Bertz CT molecular complexity index is 492. The highest BCUT2D eigenvalue weighted by molar-refractivity contribution is 7.89. The molecule has 0 spiro atoms. The van der Waals surface area contributed by atoms with E-state index in [1.54, 1.807) is 18.5 Å². The molecule has 1 aliphatic heterocycles. The summed E-state index contributed by atoms with van der Waals surface area (Å²) < 4.78 is 31.1. The van der Waals surface area contributed by atoms with E-state index in [1.807, 2.05) is 6.92 Å². The lowest BCUT2D eigenvalue weighted by Gasteiger charge is -2.16. The van der Waals surface area contributed by atoms with Crippen LogP contribution in [-0.2, 0) is 10.0 Å². The summed E-state index contributed by atoms with van der Waals surface area (Å²) in [5.74, 6) is 0.220. The number of ether oxygens (including phenoxy) is 1. The van der Waals surface area contributed by atoms with E-state index in [4.69, 9.17) is 4.74 Å². The van der Waals surface area contributed by atoms with E-state index in [0.717, 1.165) is 6.42 Å². The van der Waals surface area contributed by atoms with Gasteiger partial charge in [-0.2, -0.15) is 4.31 Å². The van der Waals surface area contributed by atoms with Gasteiger partial charge in [0.1, 0.15) is 6.10 Å². The topological polar surface area (TPSA) is 72.4 Å². The van der Waals surface area contributed by atoms with E-state index in [1.165, 1.54) is 4.31 Å². The van der Waals surface area contributed by atoms with Gasteiger partial charge in [0.2, 0.25) is 10.0 Å². The van der Waals surface area contributed by atoms with E-state index in [9.17, 15) is 8.42 Å². The molecule has 0 N–H and O–H groups in total. The fraction of sp³-hybridized carbons (Fsp3) is 0.667. The van der Waals surface area contributed by atoms with Crippen molar-refractivity contribution in [3.8, 4) is 6.01 Å². The molecule has 1 fully saturated rings. The molecular weight excluding hydrogens is 266 g/mol. The quantitative estimate of drug-likeness (QED) is 0.781. The van der Waals surface area contributed by atoms with E-state index in [0.29, 0.717) is 31.9 Å². The molecular formula is C12H19N3O3S. The van der Waals surface area contributed by atoms with Crippen molar-refractivity contribution in [2.75, 3.05) is 18.8 Å². The molecule has 1 aromatic rings. The number of aromatic nitrogens is 2. The number of hydrogen-bond acceptors (Lipinski definition) is 5. The lowest BCUT2D eigenvalue weighted by atomic mass is 10.3. The molecule has 0 bridgehead atoms. The van der Waals surface area contributed by atoms with Gasteiger partial charge < -0.3 is 4.74 Å². The van der Waals surface area contributed by atoms with Crippen LogP contribution in [-0.4, -0.2) is 47.6 Å². The predicted molar refractivity (Wildman–Crippen MR) is 71.3 cm³/mol. The number of sulfonamides is 1. The summed E-state index contributed by atoms with van der Waals surface area (Å²) in [5, 5.41) is 0. The van der Waals surface area contributed by atoms with Crippen molar-refractivity contribution in [1.29, 1.82) is 0 Å². The van der Waals surface area contributed by atoms with Crippen LogP contribution < -0.4 is 4.74 Å². The molecule has 106 valence electrons. The molecule has 1 atom stereocenters. The summed E-state index contributed by atoms with van der Waals surface area (Å²) in [6, 6.07) is 2.02. The summed E-state index contributed by atoms with van der Waals surface area (Å²) in [4.78, 5) is 7.96. The molecule has 0 radical (unpaired) electrons. The Morgan fingerprint density at radius 2 is 2.16 bits per heavy atom. The molecule has 2 rings (SSSR count). The van der Waals surface area contributed by atoms with Crippen LogP contribution in [0.25, 0.3) is 0 Å². The molecule has 7 heteroatoms. The van der Waals surface area contributed by atoms with Crippen molar-refractivity contribution in [1.82, 2.24) is 14.3 Å². The van der Waals surface area contributed by atoms with E-state index in [2.05, 4.69) is 9.97 Å². The Labute approximate surface area is 113 Å². The predicted octanol–water partition coefficient (Wildman–Crippen LogP) is 1.06. The third-order valence-electron chi connectivity index (χ3n) is 3.07. The maximum Gasteiger partial charge on any atom is 0.316 e. The molecule has 2 heterocycles. The molecule has 6 nitrogen and oxygen atoms in total. The second kappa shape index (κ2) is 6.29. The molecule has 1 saturated heterocycles.